The van der Waals surface area contributed by atoms with Crippen LogP contribution in [0.25, 0.3) is 16.9 Å². The highest BCUT2D eigenvalue weighted by Gasteiger charge is 2.14. The SMILES string of the molecule is c1ccc(Cn2cc(CNc3nnnn3-c3ccccc3)c(-c3ccccc3)n2)cc1. The third-order valence-electron chi connectivity index (χ3n) is 4.98. The molecule has 7 heteroatoms. The van der Waals surface area contributed by atoms with Gasteiger partial charge in [-0.15, -0.1) is 0 Å². The van der Waals surface area contributed by atoms with Crippen molar-refractivity contribution >= 4 is 5.95 Å². The second-order valence-corrected chi connectivity index (χ2v) is 7.16. The monoisotopic (exact) mass is 407 g/mol. The van der Waals surface area contributed by atoms with Crippen molar-refractivity contribution in [3.8, 4) is 16.9 Å². The average Bonchev–Trinajstić information content (AvgIpc) is 3.46. The van der Waals surface area contributed by atoms with Gasteiger partial charge in [0, 0.05) is 23.9 Å². The Kier molecular flexibility index (Phi) is 5.22. The molecule has 0 bridgehead atoms. The second-order valence-electron chi connectivity index (χ2n) is 7.16. The van der Waals surface area contributed by atoms with Crippen molar-refractivity contribution in [1.29, 1.82) is 0 Å². The number of anilines is 1. The molecule has 0 atom stereocenters. The van der Waals surface area contributed by atoms with E-state index in [2.05, 4.69) is 51.3 Å². The Morgan fingerprint density at radius 3 is 2.19 bits per heavy atom. The third-order valence-corrected chi connectivity index (χ3v) is 4.98. The minimum absolute atomic E-state index is 0.548. The zero-order valence-electron chi connectivity index (χ0n) is 16.8. The molecule has 2 aromatic heterocycles. The summed E-state index contributed by atoms with van der Waals surface area (Å²) in [6.07, 6.45) is 2.08. The van der Waals surface area contributed by atoms with Gasteiger partial charge >= 0.3 is 0 Å². The van der Waals surface area contributed by atoms with Crippen LogP contribution in [0.1, 0.15) is 11.1 Å². The maximum Gasteiger partial charge on any atom is 0.248 e. The van der Waals surface area contributed by atoms with Crippen LogP contribution in [-0.4, -0.2) is 30.0 Å². The van der Waals surface area contributed by atoms with Crippen molar-refractivity contribution in [1.82, 2.24) is 30.0 Å². The van der Waals surface area contributed by atoms with E-state index in [0.717, 1.165) is 22.5 Å². The second kappa shape index (κ2) is 8.62. The normalized spacial score (nSPS) is 10.8. The molecule has 0 saturated carbocycles. The van der Waals surface area contributed by atoms with Crippen molar-refractivity contribution in [3.63, 3.8) is 0 Å². The first-order chi connectivity index (χ1) is 15.4. The van der Waals surface area contributed by atoms with Gasteiger partial charge in [0.05, 0.1) is 17.9 Å². The summed E-state index contributed by atoms with van der Waals surface area (Å²) in [6.45, 7) is 1.26. The Balaban J connectivity index is 1.43. The summed E-state index contributed by atoms with van der Waals surface area (Å²) < 4.78 is 3.67. The molecule has 5 rings (SSSR count). The summed E-state index contributed by atoms with van der Waals surface area (Å²) in [5.74, 6) is 0.584. The lowest BCUT2D eigenvalue weighted by atomic mass is 10.1. The van der Waals surface area contributed by atoms with E-state index in [1.165, 1.54) is 5.56 Å². The van der Waals surface area contributed by atoms with Crippen LogP contribution in [0.3, 0.4) is 0 Å². The summed E-state index contributed by atoms with van der Waals surface area (Å²) in [5, 5.41) is 20.3. The Bertz CT molecular complexity index is 1250. The number of nitrogens with zero attached hydrogens (tertiary/aromatic N) is 6. The zero-order chi connectivity index (χ0) is 20.9. The number of benzene rings is 3. The van der Waals surface area contributed by atoms with Crippen LogP contribution in [0.4, 0.5) is 5.95 Å². The molecule has 152 valence electrons. The molecule has 1 N–H and O–H groups in total. The van der Waals surface area contributed by atoms with Gasteiger partial charge in [0.2, 0.25) is 5.95 Å². The van der Waals surface area contributed by atoms with Crippen LogP contribution < -0.4 is 5.32 Å². The van der Waals surface area contributed by atoms with Crippen LogP contribution in [0.2, 0.25) is 0 Å². The highest BCUT2D eigenvalue weighted by Crippen LogP contribution is 2.23. The first kappa shape index (κ1) is 18.7. The molecular formula is C24H21N7. The summed E-state index contributed by atoms with van der Waals surface area (Å²) in [4.78, 5) is 0. The van der Waals surface area contributed by atoms with Gasteiger partial charge in [-0.25, -0.2) is 0 Å². The van der Waals surface area contributed by atoms with Gasteiger partial charge in [0.1, 0.15) is 0 Å². The Hall–Kier alpha value is -4.26. The fourth-order valence-electron chi connectivity index (χ4n) is 3.50. The molecule has 0 aliphatic carbocycles. The molecule has 0 saturated heterocycles. The number of para-hydroxylation sites is 1. The van der Waals surface area contributed by atoms with Gasteiger partial charge in [-0.05, 0) is 28.1 Å². The van der Waals surface area contributed by atoms with E-state index in [1.807, 2.05) is 71.4 Å². The Labute approximate surface area is 180 Å². The highest BCUT2D eigenvalue weighted by molar-refractivity contribution is 5.63. The van der Waals surface area contributed by atoms with E-state index in [9.17, 15) is 0 Å². The van der Waals surface area contributed by atoms with E-state index in [1.54, 1.807) is 4.68 Å². The molecule has 0 amide bonds. The molecule has 5 aromatic rings. The standard InChI is InChI=1S/C24H21N7/c1-4-10-19(11-5-1)17-30-18-21(23(27-30)20-12-6-2-7-13-20)16-25-24-26-28-29-31(24)22-14-8-3-9-15-22/h1-15,18H,16-17H2,(H,25,26,29). The predicted octanol–water partition coefficient (Wildman–Crippen LogP) is 4.19. The van der Waals surface area contributed by atoms with Gasteiger partial charge in [0.25, 0.3) is 0 Å². The number of nitrogens with one attached hydrogen (secondary N) is 1. The molecule has 0 unspecified atom stereocenters. The predicted molar refractivity (Wildman–Crippen MR) is 120 cm³/mol. The van der Waals surface area contributed by atoms with Crippen molar-refractivity contribution in [3.05, 3.63) is 108 Å². The van der Waals surface area contributed by atoms with Gasteiger partial charge in [0.15, 0.2) is 0 Å². The highest BCUT2D eigenvalue weighted by atomic mass is 15.6. The molecule has 7 nitrogen and oxygen atoms in total. The number of hydrogen-bond donors (Lipinski definition) is 1. The molecule has 2 heterocycles. The van der Waals surface area contributed by atoms with Gasteiger partial charge in [-0.2, -0.15) is 9.78 Å². The van der Waals surface area contributed by atoms with Crippen LogP contribution >= 0.6 is 0 Å². The van der Waals surface area contributed by atoms with E-state index in [0.29, 0.717) is 19.0 Å². The molecule has 0 aliphatic heterocycles. The van der Waals surface area contributed by atoms with E-state index < -0.39 is 0 Å². The van der Waals surface area contributed by atoms with Gasteiger partial charge in [-0.1, -0.05) is 84.0 Å². The molecule has 0 fully saturated rings. The van der Waals surface area contributed by atoms with Crippen LogP contribution in [0, 0.1) is 0 Å². The summed E-state index contributed by atoms with van der Waals surface area (Å²) in [5.41, 5.74) is 5.21. The van der Waals surface area contributed by atoms with E-state index in [4.69, 9.17) is 5.10 Å². The Morgan fingerprint density at radius 1 is 0.774 bits per heavy atom. The minimum Gasteiger partial charge on any atom is -0.349 e. The average molecular weight is 407 g/mol. The van der Waals surface area contributed by atoms with Crippen molar-refractivity contribution in [2.45, 2.75) is 13.1 Å². The molecule has 0 aliphatic rings. The number of aromatic nitrogens is 6. The lowest BCUT2D eigenvalue weighted by Crippen LogP contribution is -2.07. The van der Waals surface area contributed by atoms with Crippen molar-refractivity contribution < 1.29 is 0 Å². The molecular weight excluding hydrogens is 386 g/mol. The Morgan fingerprint density at radius 2 is 1.45 bits per heavy atom. The molecule has 3 aromatic carbocycles. The maximum absolute atomic E-state index is 4.87. The van der Waals surface area contributed by atoms with Crippen LogP contribution in [0.5, 0.6) is 0 Å². The quantitative estimate of drug-likeness (QED) is 0.438. The number of hydrogen-bond acceptors (Lipinski definition) is 5. The maximum atomic E-state index is 4.87. The minimum atomic E-state index is 0.548. The van der Waals surface area contributed by atoms with Crippen LogP contribution in [0.15, 0.2) is 97.2 Å². The smallest absolute Gasteiger partial charge is 0.248 e. The van der Waals surface area contributed by atoms with Crippen molar-refractivity contribution in [2.24, 2.45) is 0 Å². The fourth-order valence-corrected chi connectivity index (χ4v) is 3.50. The first-order valence-electron chi connectivity index (χ1n) is 10.1. The zero-order valence-corrected chi connectivity index (χ0v) is 16.8. The van der Waals surface area contributed by atoms with E-state index in [-0.39, 0.29) is 0 Å². The molecule has 31 heavy (non-hydrogen) atoms. The topological polar surface area (TPSA) is 73.5 Å². The van der Waals surface area contributed by atoms with Crippen LogP contribution in [-0.2, 0) is 13.1 Å². The molecule has 0 radical (unpaired) electrons. The van der Waals surface area contributed by atoms with Gasteiger partial charge in [-0.3, -0.25) is 4.68 Å². The number of tetrazole rings is 1. The lowest BCUT2D eigenvalue weighted by Gasteiger charge is -2.07. The van der Waals surface area contributed by atoms with Gasteiger partial charge < -0.3 is 5.32 Å². The largest absolute Gasteiger partial charge is 0.349 e. The molecule has 0 spiro atoms. The summed E-state index contributed by atoms with van der Waals surface area (Å²) in [7, 11) is 0. The van der Waals surface area contributed by atoms with E-state index >= 15 is 0 Å². The van der Waals surface area contributed by atoms with Crippen molar-refractivity contribution in [2.75, 3.05) is 5.32 Å². The fraction of sp³-hybridized carbons (Fsp3) is 0.0833. The summed E-state index contributed by atoms with van der Waals surface area (Å²) in [6, 6.07) is 30.4. The third kappa shape index (κ3) is 4.20. The summed E-state index contributed by atoms with van der Waals surface area (Å²) >= 11 is 0. The number of rotatable bonds is 7. The first-order valence-corrected chi connectivity index (χ1v) is 10.1. The lowest BCUT2D eigenvalue weighted by molar-refractivity contribution is 0.688.